The molecule has 1 saturated heterocycles. The van der Waals surface area contributed by atoms with Crippen molar-refractivity contribution < 1.29 is 19.1 Å². The summed E-state index contributed by atoms with van der Waals surface area (Å²) < 4.78 is 9.71. The van der Waals surface area contributed by atoms with Crippen molar-refractivity contribution in [1.82, 2.24) is 0 Å². The zero-order chi connectivity index (χ0) is 11.5. The van der Waals surface area contributed by atoms with E-state index in [9.17, 15) is 9.59 Å². The molecule has 0 aliphatic carbocycles. The van der Waals surface area contributed by atoms with Crippen LogP contribution >= 0.6 is 0 Å². The summed E-state index contributed by atoms with van der Waals surface area (Å²) in [5.41, 5.74) is 1.41. The number of cyclic esters (lactones) is 1. The molecule has 1 aromatic carbocycles. The number of benzene rings is 1. The quantitative estimate of drug-likeness (QED) is 0.714. The topological polar surface area (TPSA) is 52.6 Å². The predicted molar refractivity (Wildman–Crippen MR) is 55.8 cm³/mol. The second-order valence-electron chi connectivity index (χ2n) is 3.63. The molecule has 0 amide bonds. The maximum atomic E-state index is 11.2. The molecule has 1 atom stereocenters. The molecular formula is C12H12O4. The molecular weight excluding hydrogens is 208 g/mol. The van der Waals surface area contributed by atoms with Gasteiger partial charge >= 0.3 is 11.9 Å². The fourth-order valence-corrected chi connectivity index (χ4v) is 1.71. The smallest absolute Gasteiger partial charge is 0.337 e. The van der Waals surface area contributed by atoms with Crippen molar-refractivity contribution in [2.24, 2.45) is 0 Å². The van der Waals surface area contributed by atoms with Gasteiger partial charge in [-0.15, -0.1) is 0 Å². The van der Waals surface area contributed by atoms with Gasteiger partial charge in [0.1, 0.15) is 6.10 Å². The van der Waals surface area contributed by atoms with Crippen molar-refractivity contribution in [3.63, 3.8) is 0 Å². The minimum atomic E-state index is -0.366. The molecule has 0 bridgehead atoms. The molecule has 1 heterocycles. The second kappa shape index (κ2) is 4.35. The first kappa shape index (κ1) is 10.7. The molecule has 0 N–H and O–H groups in total. The zero-order valence-electron chi connectivity index (χ0n) is 8.93. The summed E-state index contributed by atoms with van der Waals surface area (Å²) in [7, 11) is 1.34. The lowest BCUT2D eigenvalue weighted by atomic mass is 10.0. The van der Waals surface area contributed by atoms with E-state index < -0.39 is 0 Å². The number of hydrogen-bond donors (Lipinski definition) is 0. The lowest BCUT2D eigenvalue weighted by Gasteiger charge is -2.09. The third-order valence-electron chi connectivity index (χ3n) is 2.59. The van der Waals surface area contributed by atoms with Gasteiger partial charge in [0.05, 0.1) is 12.7 Å². The van der Waals surface area contributed by atoms with E-state index in [2.05, 4.69) is 4.74 Å². The van der Waals surface area contributed by atoms with Crippen LogP contribution in [0.25, 0.3) is 0 Å². The van der Waals surface area contributed by atoms with Crippen LogP contribution in [0.3, 0.4) is 0 Å². The van der Waals surface area contributed by atoms with Crippen LogP contribution < -0.4 is 0 Å². The Hall–Kier alpha value is -1.84. The second-order valence-corrected chi connectivity index (χ2v) is 3.63. The van der Waals surface area contributed by atoms with Crippen molar-refractivity contribution in [2.75, 3.05) is 7.11 Å². The van der Waals surface area contributed by atoms with Crippen molar-refractivity contribution in [2.45, 2.75) is 18.9 Å². The molecule has 1 aromatic rings. The highest BCUT2D eigenvalue weighted by atomic mass is 16.5. The van der Waals surface area contributed by atoms with Gasteiger partial charge in [0, 0.05) is 6.42 Å². The predicted octanol–water partition coefficient (Wildman–Crippen LogP) is 1.85. The standard InChI is InChI=1S/C12H12O4/c1-15-12(14)9-4-2-8(3-5-9)10-6-7-11(13)16-10/h2-5,10H,6-7H2,1H3/t10-/m0/s1. The summed E-state index contributed by atoms with van der Waals surface area (Å²) in [6, 6.07) is 6.92. The molecule has 0 unspecified atom stereocenters. The third-order valence-corrected chi connectivity index (χ3v) is 2.59. The lowest BCUT2D eigenvalue weighted by molar-refractivity contribution is -0.141. The fourth-order valence-electron chi connectivity index (χ4n) is 1.71. The van der Waals surface area contributed by atoms with E-state index >= 15 is 0 Å². The van der Waals surface area contributed by atoms with Gasteiger partial charge in [-0.25, -0.2) is 4.79 Å². The van der Waals surface area contributed by atoms with Crippen LogP contribution in [0.4, 0.5) is 0 Å². The highest BCUT2D eigenvalue weighted by Gasteiger charge is 2.24. The number of esters is 2. The maximum Gasteiger partial charge on any atom is 0.337 e. The Morgan fingerprint density at radius 1 is 1.38 bits per heavy atom. The number of rotatable bonds is 2. The van der Waals surface area contributed by atoms with Crippen LogP contribution in [-0.4, -0.2) is 19.0 Å². The number of hydrogen-bond acceptors (Lipinski definition) is 4. The van der Waals surface area contributed by atoms with Gasteiger partial charge in [-0.05, 0) is 24.1 Å². The number of ether oxygens (including phenoxy) is 2. The Kier molecular flexibility index (Phi) is 2.90. The summed E-state index contributed by atoms with van der Waals surface area (Å²) in [5, 5.41) is 0. The van der Waals surface area contributed by atoms with Gasteiger partial charge in [-0.3, -0.25) is 4.79 Å². The molecule has 4 heteroatoms. The molecule has 0 saturated carbocycles. The summed E-state index contributed by atoms with van der Waals surface area (Å²) in [5.74, 6) is -0.531. The van der Waals surface area contributed by atoms with E-state index in [0.717, 1.165) is 5.56 Å². The van der Waals surface area contributed by atoms with Gasteiger partial charge in [0.25, 0.3) is 0 Å². The highest BCUT2D eigenvalue weighted by molar-refractivity contribution is 5.89. The van der Waals surface area contributed by atoms with Crippen LogP contribution in [-0.2, 0) is 14.3 Å². The van der Waals surface area contributed by atoms with E-state index in [0.29, 0.717) is 18.4 Å². The molecule has 2 rings (SSSR count). The molecule has 16 heavy (non-hydrogen) atoms. The number of carbonyl (C=O) groups excluding carboxylic acids is 2. The van der Waals surface area contributed by atoms with E-state index in [4.69, 9.17) is 4.74 Å². The summed E-state index contributed by atoms with van der Waals surface area (Å²) in [6.45, 7) is 0. The van der Waals surface area contributed by atoms with Crippen molar-refractivity contribution in [3.8, 4) is 0 Å². The Labute approximate surface area is 93.2 Å². The first-order valence-corrected chi connectivity index (χ1v) is 5.08. The van der Waals surface area contributed by atoms with Crippen molar-refractivity contribution >= 4 is 11.9 Å². The number of carbonyl (C=O) groups is 2. The minimum Gasteiger partial charge on any atom is -0.465 e. The Morgan fingerprint density at radius 2 is 2.06 bits per heavy atom. The average molecular weight is 220 g/mol. The van der Waals surface area contributed by atoms with Crippen LogP contribution in [0.2, 0.25) is 0 Å². The van der Waals surface area contributed by atoms with Crippen LogP contribution in [0, 0.1) is 0 Å². The first-order chi connectivity index (χ1) is 7.70. The first-order valence-electron chi connectivity index (χ1n) is 5.08. The Bertz CT molecular complexity index is 408. The van der Waals surface area contributed by atoms with Gasteiger partial charge in [0.15, 0.2) is 0 Å². The largest absolute Gasteiger partial charge is 0.465 e. The molecule has 0 radical (unpaired) electrons. The summed E-state index contributed by atoms with van der Waals surface area (Å²) in [6.07, 6.45) is 0.999. The molecule has 0 aromatic heterocycles. The van der Waals surface area contributed by atoms with Gasteiger partial charge in [-0.1, -0.05) is 12.1 Å². The van der Waals surface area contributed by atoms with Gasteiger partial charge in [-0.2, -0.15) is 0 Å². The van der Waals surface area contributed by atoms with Gasteiger partial charge < -0.3 is 9.47 Å². The molecule has 1 fully saturated rings. The molecule has 84 valence electrons. The number of methoxy groups -OCH3 is 1. The average Bonchev–Trinajstić information content (AvgIpc) is 2.75. The SMILES string of the molecule is COC(=O)c1ccc([C@@H]2CCC(=O)O2)cc1. The zero-order valence-corrected chi connectivity index (χ0v) is 8.93. The molecule has 4 nitrogen and oxygen atoms in total. The third kappa shape index (κ3) is 2.05. The van der Waals surface area contributed by atoms with Crippen molar-refractivity contribution in [3.05, 3.63) is 35.4 Å². The minimum absolute atomic E-state index is 0.165. The monoisotopic (exact) mass is 220 g/mol. The summed E-state index contributed by atoms with van der Waals surface area (Å²) >= 11 is 0. The normalized spacial score (nSPS) is 19.3. The van der Waals surface area contributed by atoms with E-state index in [1.807, 2.05) is 0 Å². The van der Waals surface area contributed by atoms with E-state index in [1.54, 1.807) is 24.3 Å². The molecule has 1 aliphatic heterocycles. The lowest BCUT2D eigenvalue weighted by Crippen LogP contribution is -2.02. The van der Waals surface area contributed by atoms with Crippen LogP contribution in [0.15, 0.2) is 24.3 Å². The Balaban J connectivity index is 2.13. The van der Waals surface area contributed by atoms with Crippen LogP contribution in [0.5, 0.6) is 0 Å². The van der Waals surface area contributed by atoms with E-state index in [1.165, 1.54) is 7.11 Å². The summed E-state index contributed by atoms with van der Waals surface area (Å²) in [4.78, 5) is 22.1. The fraction of sp³-hybridized carbons (Fsp3) is 0.333. The molecule has 0 spiro atoms. The van der Waals surface area contributed by atoms with E-state index in [-0.39, 0.29) is 18.0 Å². The van der Waals surface area contributed by atoms with Gasteiger partial charge in [0.2, 0.25) is 0 Å². The Morgan fingerprint density at radius 3 is 2.56 bits per heavy atom. The van der Waals surface area contributed by atoms with Crippen LogP contribution in [0.1, 0.15) is 34.9 Å². The molecule has 1 aliphatic rings. The maximum absolute atomic E-state index is 11.2. The highest BCUT2D eigenvalue weighted by Crippen LogP contribution is 2.29. The van der Waals surface area contributed by atoms with Crippen molar-refractivity contribution in [1.29, 1.82) is 0 Å².